The van der Waals surface area contributed by atoms with Gasteiger partial charge >= 0.3 is 5.63 Å². The fourth-order valence-corrected chi connectivity index (χ4v) is 1.99. The van der Waals surface area contributed by atoms with Crippen LogP contribution in [0.1, 0.15) is 16.3 Å². The van der Waals surface area contributed by atoms with Gasteiger partial charge < -0.3 is 18.9 Å². The van der Waals surface area contributed by atoms with E-state index in [4.69, 9.17) is 13.6 Å². The Labute approximate surface area is 125 Å². The van der Waals surface area contributed by atoms with Crippen LogP contribution in [0.25, 0.3) is 11.0 Å². The van der Waals surface area contributed by atoms with Crippen LogP contribution in [0.3, 0.4) is 0 Å². The summed E-state index contributed by atoms with van der Waals surface area (Å²) in [5.41, 5.74) is 0.0430. The molecule has 6 nitrogen and oxygen atoms in total. The first kappa shape index (κ1) is 13.9. The molecule has 0 saturated heterocycles. The third kappa shape index (κ3) is 2.85. The minimum atomic E-state index is -0.411. The molecule has 112 valence electrons. The molecule has 1 N–H and O–H groups in total. The zero-order valence-corrected chi connectivity index (χ0v) is 11.8. The second-order valence-corrected chi connectivity index (χ2v) is 4.59. The number of nitrogens with one attached hydrogen (secondary N) is 1. The van der Waals surface area contributed by atoms with Crippen LogP contribution in [0.15, 0.2) is 56.1 Å². The average Bonchev–Trinajstić information content (AvgIpc) is 3.00. The second-order valence-electron chi connectivity index (χ2n) is 4.59. The first-order valence-electron chi connectivity index (χ1n) is 6.63. The Balaban J connectivity index is 1.74. The first-order valence-corrected chi connectivity index (χ1v) is 6.63. The van der Waals surface area contributed by atoms with Gasteiger partial charge in [0, 0.05) is 24.6 Å². The molecular weight excluding hydrogens is 286 g/mol. The number of rotatable bonds is 4. The lowest BCUT2D eigenvalue weighted by atomic mass is 10.2. The number of furan rings is 1. The SMILES string of the molecule is CNC(=O)c1ccc(COc2ccc3ccc(=O)oc3c2)o1. The van der Waals surface area contributed by atoms with Gasteiger partial charge in [0.15, 0.2) is 5.76 Å². The molecule has 0 bridgehead atoms. The van der Waals surface area contributed by atoms with Crippen LogP contribution in [-0.4, -0.2) is 13.0 Å². The highest BCUT2D eigenvalue weighted by Gasteiger charge is 2.09. The average molecular weight is 299 g/mol. The van der Waals surface area contributed by atoms with Crippen LogP contribution < -0.4 is 15.7 Å². The predicted molar refractivity (Wildman–Crippen MR) is 78.9 cm³/mol. The Morgan fingerprint density at radius 1 is 1.14 bits per heavy atom. The zero-order chi connectivity index (χ0) is 15.5. The lowest BCUT2D eigenvalue weighted by Crippen LogP contribution is -2.16. The minimum Gasteiger partial charge on any atom is -0.486 e. The van der Waals surface area contributed by atoms with E-state index in [1.165, 1.54) is 13.1 Å². The van der Waals surface area contributed by atoms with Crippen molar-refractivity contribution in [2.24, 2.45) is 0 Å². The lowest BCUT2D eigenvalue weighted by Gasteiger charge is -2.05. The molecule has 0 radical (unpaired) electrons. The topological polar surface area (TPSA) is 81.7 Å². The molecule has 0 spiro atoms. The quantitative estimate of drug-likeness (QED) is 0.748. The number of hydrogen-bond acceptors (Lipinski definition) is 5. The summed E-state index contributed by atoms with van der Waals surface area (Å²) in [5.74, 6) is 0.997. The van der Waals surface area contributed by atoms with Gasteiger partial charge in [-0.3, -0.25) is 4.79 Å². The molecule has 0 saturated carbocycles. The van der Waals surface area contributed by atoms with Crippen molar-refractivity contribution in [3.8, 4) is 5.75 Å². The molecule has 0 aliphatic carbocycles. The second kappa shape index (κ2) is 5.77. The molecule has 0 fully saturated rings. The third-order valence-electron chi connectivity index (χ3n) is 3.09. The Morgan fingerprint density at radius 2 is 1.95 bits per heavy atom. The van der Waals surface area contributed by atoms with E-state index >= 15 is 0 Å². The normalized spacial score (nSPS) is 10.6. The number of amides is 1. The number of ether oxygens (including phenoxy) is 1. The van der Waals surface area contributed by atoms with Gasteiger partial charge in [-0.25, -0.2) is 4.79 Å². The highest BCUT2D eigenvalue weighted by atomic mass is 16.5. The van der Waals surface area contributed by atoms with Crippen LogP contribution >= 0.6 is 0 Å². The monoisotopic (exact) mass is 299 g/mol. The van der Waals surface area contributed by atoms with Crippen molar-refractivity contribution < 1.29 is 18.4 Å². The van der Waals surface area contributed by atoms with Gasteiger partial charge in [-0.1, -0.05) is 0 Å². The van der Waals surface area contributed by atoms with E-state index in [2.05, 4.69) is 5.32 Å². The number of fused-ring (bicyclic) bond motifs is 1. The first-order chi connectivity index (χ1) is 10.7. The summed E-state index contributed by atoms with van der Waals surface area (Å²) in [6, 6.07) is 11.5. The Morgan fingerprint density at radius 3 is 2.77 bits per heavy atom. The number of carbonyl (C=O) groups excluding carboxylic acids is 1. The van der Waals surface area contributed by atoms with Crippen molar-refractivity contribution >= 4 is 16.9 Å². The molecule has 0 unspecified atom stereocenters. The maximum atomic E-state index is 11.4. The molecule has 3 aromatic rings. The largest absolute Gasteiger partial charge is 0.486 e. The Bertz CT molecular complexity index is 877. The molecular formula is C16H13NO5. The van der Waals surface area contributed by atoms with Gasteiger partial charge in [0.05, 0.1) is 0 Å². The third-order valence-corrected chi connectivity index (χ3v) is 3.09. The number of hydrogen-bond donors (Lipinski definition) is 1. The minimum absolute atomic E-state index is 0.166. The Hall–Kier alpha value is -3.02. The molecule has 22 heavy (non-hydrogen) atoms. The summed E-state index contributed by atoms with van der Waals surface area (Å²) in [7, 11) is 1.53. The predicted octanol–water partition coefficient (Wildman–Crippen LogP) is 2.32. The van der Waals surface area contributed by atoms with Crippen molar-refractivity contribution in [1.82, 2.24) is 5.32 Å². The van der Waals surface area contributed by atoms with Crippen molar-refractivity contribution in [1.29, 1.82) is 0 Å². The van der Waals surface area contributed by atoms with Crippen molar-refractivity contribution in [3.05, 3.63) is 64.4 Å². The van der Waals surface area contributed by atoms with Crippen molar-refractivity contribution in [2.75, 3.05) is 7.05 Å². The van der Waals surface area contributed by atoms with Gasteiger partial charge in [-0.15, -0.1) is 0 Å². The van der Waals surface area contributed by atoms with Gasteiger partial charge in [0.1, 0.15) is 23.7 Å². The van der Waals surface area contributed by atoms with Crippen molar-refractivity contribution in [2.45, 2.75) is 6.61 Å². The summed E-state index contributed by atoms with van der Waals surface area (Å²) >= 11 is 0. The molecule has 6 heteroatoms. The molecule has 0 atom stereocenters. The standard InChI is InChI=1S/C16H13NO5/c1-17-16(19)13-6-5-12(21-13)9-20-11-4-2-10-3-7-15(18)22-14(10)8-11/h2-8H,9H2,1H3,(H,17,19). The van der Waals surface area contributed by atoms with Gasteiger partial charge in [0.2, 0.25) is 0 Å². The van der Waals surface area contributed by atoms with E-state index in [1.807, 2.05) is 0 Å². The molecule has 0 aliphatic heterocycles. The maximum Gasteiger partial charge on any atom is 0.336 e. The van der Waals surface area contributed by atoms with E-state index in [-0.39, 0.29) is 18.3 Å². The van der Waals surface area contributed by atoms with Crippen LogP contribution in [0.4, 0.5) is 0 Å². The fourth-order valence-electron chi connectivity index (χ4n) is 1.99. The summed E-state index contributed by atoms with van der Waals surface area (Å²) in [4.78, 5) is 22.6. The number of benzene rings is 1. The van der Waals surface area contributed by atoms with E-state index < -0.39 is 5.63 Å². The summed E-state index contributed by atoms with van der Waals surface area (Å²) in [6.07, 6.45) is 0. The van der Waals surface area contributed by atoms with E-state index in [0.717, 1.165) is 5.39 Å². The molecule has 1 aromatic carbocycles. The van der Waals surface area contributed by atoms with Gasteiger partial charge in [0.25, 0.3) is 5.91 Å². The van der Waals surface area contributed by atoms with E-state index in [1.54, 1.807) is 36.4 Å². The molecule has 1 amide bonds. The Kier molecular flexibility index (Phi) is 3.65. The van der Waals surface area contributed by atoms with Crippen molar-refractivity contribution in [3.63, 3.8) is 0 Å². The maximum absolute atomic E-state index is 11.4. The van der Waals surface area contributed by atoms with Gasteiger partial charge in [-0.2, -0.15) is 0 Å². The zero-order valence-electron chi connectivity index (χ0n) is 11.8. The highest BCUT2D eigenvalue weighted by molar-refractivity contribution is 5.91. The number of carbonyl (C=O) groups is 1. The fraction of sp³-hybridized carbons (Fsp3) is 0.125. The molecule has 3 rings (SSSR count). The summed E-state index contributed by atoms with van der Waals surface area (Å²) in [5, 5.41) is 3.29. The summed E-state index contributed by atoms with van der Waals surface area (Å²) < 4.78 is 16.0. The molecule has 2 aromatic heterocycles. The van der Waals surface area contributed by atoms with E-state index in [0.29, 0.717) is 17.1 Å². The highest BCUT2D eigenvalue weighted by Crippen LogP contribution is 2.20. The molecule has 2 heterocycles. The van der Waals surface area contributed by atoms with Crippen LogP contribution in [0.2, 0.25) is 0 Å². The van der Waals surface area contributed by atoms with E-state index in [9.17, 15) is 9.59 Å². The molecule has 0 aliphatic rings. The van der Waals surface area contributed by atoms with Crippen LogP contribution in [-0.2, 0) is 6.61 Å². The van der Waals surface area contributed by atoms with Crippen LogP contribution in [0.5, 0.6) is 5.75 Å². The van der Waals surface area contributed by atoms with Crippen LogP contribution in [0, 0.1) is 0 Å². The summed E-state index contributed by atoms with van der Waals surface area (Å²) in [6.45, 7) is 0.166. The lowest BCUT2D eigenvalue weighted by molar-refractivity contribution is 0.0931. The van der Waals surface area contributed by atoms with Gasteiger partial charge in [-0.05, 0) is 30.3 Å². The smallest absolute Gasteiger partial charge is 0.336 e.